The lowest BCUT2D eigenvalue weighted by molar-refractivity contribution is 0.0722. The van der Waals surface area contributed by atoms with Crippen molar-refractivity contribution in [3.8, 4) is 0 Å². The Hall–Kier alpha value is -0.170. The van der Waals surface area contributed by atoms with Gasteiger partial charge in [0.1, 0.15) is 0 Å². The molecular formula is C10H23NO4S. The zero-order chi connectivity index (χ0) is 12.3. The van der Waals surface area contributed by atoms with Crippen LogP contribution in [0.2, 0.25) is 0 Å². The van der Waals surface area contributed by atoms with E-state index < -0.39 is 9.84 Å². The number of hydrogen-bond acceptors (Lipinski definition) is 5. The van der Waals surface area contributed by atoms with E-state index in [1.54, 1.807) is 7.11 Å². The second-order valence-corrected chi connectivity index (χ2v) is 5.81. The first-order chi connectivity index (χ1) is 7.62. The first-order valence-electron chi connectivity index (χ1n) is 5.60. The summed E-state index contributed by atoms with van der Waals surface area (Å²) in [6, 6.07) is 0. The quantitative estimate of drug-likeness (QED) is 0.528. The Balaban J connectivity index is 3.27. The molecule has 0 atom stereocenters. The van der Waals surface area contributed by atoms with Gasteiger partial charge in [0.25, 0.3) is 0 Å². The van der Waals surface area contributed by atoms with Crippen molar-refractivity contribution in [1.82, 2.24) is 5.32 Å². The summed E-state index contributed by atoms with van der Waals surface area (Å²) in [4.78, 5) is 0. The van der Waals surface area contributed by atoms with Crippen LogP contribution < -0.4 is 5.32 Å². The zero-order valence-electron chi connectivity index (χ0n) is 10.2. The van der Waals surface area contributed by atoms with Crippen molar-refractivity contribution in [2.24, 2.45) is 0 Å². The van der Waals surface area contributed by atoms with E-state index in [-0.39, 0.29) is 11.5 Å². The standard InChI is InChI=1S/C10H23NO4S/c1-3-9-16(12,13)10-5-11-4-6-15-8-7-14-2/h11H,3-10H2,1-2H3. The molecule has 0 saturated carbocycles. The molecule has 6 heteroatoms. The first-order valence-corrected chi connectivity index (χ1v) is 7.42. The molecule has 5 nitrogen and oxygen atoms in total. The van der Waals surface area contributed by atoms with E-state index in [1.807, 2.05) is 6.92 Å². The highest BCUT2D eigenvalue weighted by Gasteiger charge is 2.07. The maximum absolute atomic E-state index is 11.3. The smallest absolute Gasteiger partial charge is 0.151 e. The summed E-state index contributed by atoms with van der Waals surface area (Å²) in [6.45, 7) is 4.78. The van der Waals surface area contributed by atoms with Gasteiger partial charge in [-0.25, -0.2) is 8.42 Å². The second kappa shape index (κ2) is 10.0. The molecule has 0 amide bonds. The zero-order valence-corrected chi connectivity index (χ0v) is 11.0. The summed E-state index contributed by atoms with van der Waals surface area (Å²) in [5, 5.41) is 3.03. The number of hydrogen-bond donors (Lipinski definition) is 1. The van der Waals surface area contributed by atoms with Crippen molar-refractivity contribution in [3.63, 3.8) is 0 Å². The number of sulfone groups is 1. The monoisotopic (exact) mass is 253 g/mol. The van der Waals surface area contributed by atoms with Gasteiger partial charge in [0.2, 0.25) is 0 Å². The molecule has 0 saturated heterocycles. The number of methoxy groups -OCH3 is 1. The Morgan fingerprint density at radius 1 is 1.06 bits per heavy atom. The van der Waals surface area contributed by atoms with Gasteiger partial charge in [-0.3, -0.25) is 0 Å². The highest BCUT2D eigenvalue weighted by atomic mass is 32.2. The average molecular weight is 253 g/mol. The fourth-order valence-corrected chi connectivity index (χ4v) is 2.44. The minimum absolute atomic E-state index is 0.207. The Morgan fingerprint density at radius 3 is 2.44 bits per heavy atom. The molecular weight excluding hydrogens is 230 g/mol. The summed E-state index contributed by atoms with van der Waals surface area (Å²) in [7, 11) is -1.23. The Bertz CT molecular complexity index is 241. The molecule has 1 N–H and O–H groups in total. The highest BCUT2D eigenvalue weighted by molar-refractivity contribution is 7.91. The van der Waals surface area contributed by atoms with E-state index in [4.69, 9.17) is 9.47 Å². The molecule has 0 radical (unpaired) electrons. The Labute approximate surface area is 98.4 Å². The molecule has 0 unspecified atom stereocenters. The molecule has 0 rings (SSSR count). The highest BCUT2D eigenvalue weighted by Crippen LogP contribution is 1.91. The summed E-state index contributed by atoms with van der Waals surface area (Å²) >= 11 is 0. The molecule has 0 fully saturated rings. The molecule has 0 bridgehead atoms. The van der Waals surface area contributed by atoms with E-state index in [0.717, 1.165) is 0 Å². The minimum atomic E-state index is -2.86. The Morgan fingerprint density at radius 2 is 1.81 bits per heavy atom. The molecule has 0 aliphatic carbocycles. The fourth-order valence-electron chi connectivity index (χ4n) is 1.15. The van der Waals surface area contributed by atoms with E-state index >= 15 is 0 Å². The third-order valence-corrected chi connectivity index (χ3v) is 3.82. The lowest BCUT2D eigenvalue weighted by Gasteiger charge is -2.06. The molecule has 0 spiro atoms. The topological polar surface area (TPSA) is 64.6 Å². The minimum Gasteiger partial charge on any atom is -0.382 e. The van der Waals surface area contributed by atoms with Crippen molar-refractivity contribution < 1.29 is 17.9 Å². The predicted molar refractivity (Wildman–Crippen MR) is 64.5 cm³/mol. The molecule has 0 aromatic heterocycles. The average Bonchev–Trinajstić information content (AvgIpc) is 2.22. The third-order valence-electron chi connectivity index (χ3n) is 1.96. The second-order valence-electron chi connectivity index (χ2n) is 3.51. The van der Waals surface area contributed by atoms with Crippen molar-refractivity contribution >= 4 is 9.84 Å². The van der Waals surface area contributed by atoms with E-state index in [0.29, 0.717) is 39.3 Å². The van der Waals surface area contributed by atoms with Gasteiger partial charge < -0.3 is 14.8 Å². The van der Waals surface area contributed by atoms with Crippen LogP contribution in [0, 0.1) is 0 Å². The van der Waals surface area contributed by atoms with Gasteiger partial charge in [0.15, 0.2) is 9.84 Å². The van der Waals surface area contributed by atoms with E-state index in [9.17, 15) is 8.42 Å². The van der Waals surface area contributed by atoms with Crippen LogP contribution in [-0.4, -0.2) is 59.9 Å². The molecule has 0 aliphatic heterocycles. The summed E-state index contributed by atoms with van der Waals surface area (Å²) in [6.07, 6.45) is 0.683. The molecule has 16 heavy (non-hydrogen) atoms. The molecule has 0 aliphatic rings. The molecule has 98 valence electrons. The summed E-state index contributed by atoms with van der Waals surface area (Å²) in [5.74, 6) is 0.484. The number of ether oxygens (including phenoxy) is 2. The Kier molecular flexibility index (Phi) is 9.91. The van der Waals surface area contributed by atoms with Crippen LogP contribution >= 0.6 is 0 Å². The van der Waals surface area contributed by atoms with Gasteiger partial charge >= 0.3 is 0 Å². The van der Waals surface area contributed by atoms with Gasteiger partial charge in [-0.2, -0.15) is 0 Å². The maximum Gasteiger partial charge on any atom is 0.151 e. The summed E-state index contributed by atoms with van der Waals surface area (Å²) in [5.41, 5.74) is 0. The number of nitrogens with one attached hydrogen (secondary N) is 1. The normalized spacial score (nSPS) is 11.9. The lowest BCUT2D eigenvalue weighted by Crippen LogP contribution is -2.27. The number of rotatable bonds is 11. The van der Waals surface area contributed by atoms with Crippen molar-refractivity contribution in [3.05, 3.63) is 0 Å². The molecule has 0 aromatic carbocycles. The first kappa shape index (κ1) is 15.8. The fraction of sp³-hybridized carbons (Fsp3) is 1.00. The maximum atomic E-state index is 11.3. The summed E-state index contributed by atoms with van der Waals surface area (Å²) < 4.78 is 32.7. The van der Waals surface area contributed by atoms with Crippen molar-refractivity contribution in [2.75, 3.05) is 51.5 Å². The SMILES string of the molecule is CCCS(=O)(=O)CCNCCOCCOC. The van der Waals surface area contributed by atoms with Crippen LogP contribution in [0.25, 0.3) is 0 Å². The van der Waals surface area contributed by atoms with Crippen LogP contribution in [0.1, 0.15) is 13.3 Å². The third kappa shape index (κ3) is 10.4. The van der Waals surface area contributed by atoms with Gasteiger partial charge in [-0.1, -0.05) is 6.92 Å². The van der Waals surface area contributed by atoms with Crippen LogP contribution in [0.5, 0.6) is 0 Å². The van der Waals surface area contributed by atoms with Gasteiger partial charge in [-0.15, -0.1) is 0 Å². The van der Waals surface area contributed by atoms with Crippen LogP contribution in [-0.2, 0) is 19.3 Å². The predicted octanol–water partition coefficient (Wildman–Crippen LogP) is 0.0638. The molecule has 0 heterocycles. The van der Waals surface area contributed by atoms with Gasteiger partial charge in [-0.05, 0) is 6.42 Å². The largest absolute Gasteiger partial charge is 0.382 e. The lowest BCUT2D eigenvalue weighted by atomic mass is 10.6. The van der Waals surface area contributed by atoms with Crippen molar-refractivity contribution in [1.29, 1.82) is 0 Å². The van der Waals surface area contributed by atoms with E-state index in [1.165, 1.54) is 0 Å². The van der Waals surface area contributed by atoms with Crippen molar-refractivity contribution in [2.45, 2.75) is 13.3 Å². The molecule has 0 aromatic rings. The van der Waals surface area contributed by atoms with Crippen LogP contribution in [0.4, 0.5) is 0 Å². The van der Waals surface area contributed by atoms with Crippen LogP contribution in [0.3, 0.4) is 0 Å². The van der Waals surface area contributed by atoms with Gasteiger partial charge in [0, 0.05) is 26.0 Å². The van der Waals surface area contributed by atoms with Crippen LogP contribution in [0.15, 0.2) is 0 Å². The van der Waals surface area contributed by atoms with E-state index in [2.05, 4.69) is 5.32 Å². The van der Waals surface area contributed by atoms with Gasteiger partial charge in [0.05, 0.1) is 25.6 Å².